The highest BCUT2D eigenvalue weighted by Gasteiger charge is 2.11. The van der Waals surface area contributed by atoms with Crippen molar-refractivity contribution >= 4 is 39.1 Å². The number of carbonyl (C=O) groups is 1. The van der Waals surface area contributed by atoms with E-state index in [4.69, 9.17) is 11.6 Å². The van der Waals surface area contributed by atoms with Crippen molar-refractivity contribution in [3.05, 3.63) is 64.7 Å². The van der Waals surface area contributed by atoms with Gasteiger partial charge in [-0.25, -0.2) is 0 Å². The van der Waals surface area contributed by atoms with Gasteiger partial charge in [0, 0.05) is 21.1 Å². The Bertz CT molecular complexity index is 581. The van der Waals surface area contributed by atoms with Crippen LogP contribution in [0, 0.1) is 0 Å². The zero-order valence-electron chi connectivity index (χ0n) is 10.4. The van der Waals surface area contributed by atoms with Crippen LogP contribution in [0.15, 0.2) is 48.5 Å². The SMILES string of the molecule is CC(Br)c1ccccc1NC(=O)c1ccc(Cl)cc1. The van der Waals surface area contributed by atoms with Crippen LogP contribution in [0.3, 0.4) is 0 Å². The maximum atomic E-state index is 12.1. The second-order valence-corrected chi connectivity index (χ2v) is 5.97. The molecule has 2 nitrogen and oxygen atoms in total. The van der Waals surface area contributed by atoms with Crippen molar-refractivity contribution in [3.8, 4) is 0 Å². The van der Waals surface area contributed by atoms with Crippen molar-refractivity contribution in [1.82, 2.24) is 0 Å². The van der Waals surface area contributed by atoms with Gasteiger partial charge in [0.05, 0.1) is 0 Å². The first-order chi connectivity index (χ1) is 9.08. The van der Waals surface area contributed by atoms with E-state index in [2.05, 4.69) is 21.2 Å². The molecule has 4 heteroatoms. The number of amides is 1. The van der Waals surface area contributed by atoms with E-state index in [0.29, 0.717) is 10.6 Å². The van der Waals surface area contributed by atoms with E-state index in [9.17, 15) is 4.79 Å². The monoisotopic (exact) mass is 337 g/mol. The summed E-state index contributed by atoms with van der Waals surface area (Å²) in [7, 11) is 0. The lowest BCUT2D eigenvalue weighted by atomic mass is 10.1. The van der Waals surface area contributed by atoms with Crippen LogP contribution >= 0.6 is 27.5 Å². The van der Waals surface area contributed by atoms with Gasteiger partial charge in [-0.1, -0.05) is 45.7 Å². The summed E-state index contributed by atoms with van der Waals surface area (Å²) >= 11 is 9.33. The fourth-order valence-electron chi connectivity index (χ4n) is 1.75. The van der Waals surface area contributed by atoms with Crippen LogP contribution in [0.5, 0.6) is 0 Å². The fraction of sp³-hybridized carbons (Fsp3) is 0.133. The van der Waals surface area contributed by atoms with Gasteiger partial charge >= 0.3 is 0 Å². The molecule has 1 N–H and O–H groups in total. The molecular formula is C15H13BrClNO. The minimum atomic E-state index is -0.141. The van der Waals surface area contributed by atoms with Gasteiger partial charge in [0.2, 0.25) is 0 Å². The van der Waals surface area contributed by atoms with Crippen molar-refractivity contribution in [3.63, 3.8) is 0 Å². The van der Waals surface area contributed by atoms with Gasteiger partial charge in [0.25, 0.3) is 5.91 Å². The van der Waals surface area contributed by atoms with Crippen LogP contribution < -0.4 is 5.32 Å². The molecule has 19 heavy (non-hydrogen) atoms. The summed E-state index contributed by atoms with van der Waals surface area (Å²) in [5.41, 5.74) is 2.44. The van der Waals surface area contributed by atoms with Crippen molar-refractivity contribution in [2.75, 3.05) is 5.32 Å². The highest BCUT2D eigenvalue weighted by molar-refractivity contribution is 9.09. The molecule has 0 heterocycles. The number of rotatable bonds is 3. The molecule has 1 unspecified atom stereocenters. The summed E-state index contributed by atoms with van der Waals surface area (Å²) in [6.07, 6.45) is 0. The number of alkyl halides is 1. The first-order valence-electron chi connectivity index (χ1n) is 5.88. The van der Waals surface area contributed by atoms with Crippen LogP contribution in [0.25, 0.3) is 0 Å². The van der Waals surface area contributed by atoms with Gasteiger partial charge in [-0.3, -0.25) is 4.79 Å². The Hall–Kier alpha value is -1.32. The highest BCUT2D eigenvalue weighted by atomic mass is 79.9. The standard InChI is InChI=1S/C15H13BrClNO/c1-10(16)13-4-2-3-5-14(13)18-15(19)11-6-8-12(17)9-7-11/h2-10H,1H3,(H,18,19). The summed E-state index contributed by atoms with van der Waals surface area (Å²) in [4.78, 5) is 12.3. The Morgan fingerprint density at radius 2 is 1.79 bits per heavy atom. The quantitative estimate of drug-likeness (QED) is 0.780. The van der Waals surface area contributed by atoms with Crippen molar-refractivity contribution in [2.45, 2.75) is 11.8 Å². The number of nitrogens with one attached hydrogen (secondary N) is 1. The molecule has 2 aromatic carbocycles. The molecule has 0 bridgehead atoms. The molecule has 2 rings (SSSR count). The number of anilines is 1. The zero-order valence-corrected chi connectivity index (χ0v) is 12.7. The second kappa shape index (κ2) is 6.22. The number of halogens is 2. The van der Waals surface area contributed by atoms with Crippen LogP contribution in [-0.4, -0.2) is 5.91 Å². The average Bonchev–Trinajstić information content (AvgIpc) is 2.39. The van der Waals surface area contributed by atoms with Gasteiger partial charge < -0.3 is 5.32 Å². The summed E-state index contributed by atoms with van der Waals surface area (Å²) in [5.74, 6) is -0.141. The van der Waals surface area contributed by atoms with Gasteiger partial charge in [0.1, 0.15) is 0 Å². The van der Waals surface area contributed by atoms with E-state index >= 15 is 0 Å². The zero-order chi connectivity index (χ0) is 13.8. The predicted octanol–water partition coefficient (Wildman–Crippen LogP) is 5.05. The molecule has 2 aromatic rings. The molecule has 0 fully saturated rings. The summed E-state index contributed by atoms with van der Waals surface area (Å²) < 4.78 is 0. The number of carbonyl (C=O) groups excluding carboxylic acids is 1. The van der Waals surface area contributed by atoms with Crippen LogP contribution in [0.1, 0.15) is 27.7 Å². The molecule has 0 radical (unpaired) electrons. The third-order valence-corrected chi connectivity index (χ3v) is 3.49. The Kier molecular flexibility index (Phi) is 4.61. The molecule has 1 atom stereocenters. The number of para-hydroxylation sites is 1. The third-order valence-electron chi connectivity index (χ3n) is 2.74. The molecule has 0 saturated carbocycles. The van der Waals surface area contributed by atoms with E-state index in [0.717, 1.165) is 11.3 Å². The van der Waals surface area contributed by atoms with E-state index in [1.54, 1.807) is 24.3 Å². The lowest BCUT2D eigenvalue weighted by Gasteiger charge is -2.12. The Labute approximate surface area is 125 Å². The summed E-state index contributed by atoms with van der Waals surface area (Å²) in [6, 6.07) is 14.5. The van der Waals surface area contributed by atoms with Crippen LogP contribution in [0.2, 0.25) is 5.02 Å². The van der Waals surface area contributed by atoms with E-state index in [1.165, 1.54) is 0 Å². The molecule has 0 aromatic heterocycles. The Balaban J connectivity index is 2.22. The molecule has 1 amide bonds. The minimum absolute atomic E-state index is 0.141. The molecule has 0 aliphatic rings. The second-order valence-electron chi connectivity index (χ2n) is 4.16. The first kappa shape index (κ1) is 14.1. The van der Waals surface area contributed by atoms with Gasteiger partial charge in [-0.05, 0) is 42.8 Å². The van der Waals surface area contributed by atoms with Gasteiger partial charge in [-0.15, -0.1) is 0 Å². The maximum Gasteiger partial charge on any atom is 0.255 e. The summed E-state index contributed by atoms with van der Waals surface area (Å²) in [6.45, 7) is 2.02. The molecule has 0 spiro atoms. The van der Waals surface area contributed by atoms with E-state index in [1.807, 2.05) is 31.2 Å². The Morgan fingerprint density at radius 3 is 2.42 bits per heavy atom. The van der Waals surface area contributed by atoms with Crippen LogP contribution in [0.4, 0.5) is 5.69 Å². The minimum Gasteiger partial charge on any atom is -0.322 e. The van der Waals surface area contributed by atoms with Gasteiger partial charge in [-0.2, -0.15) is 0 Å². The maximum absolute atomic E-state index is 12.1. The van der Waals surface area contributed by atoms with Crippen LogP contribution in [-0.2, 0) is 0 Å². The molecule has 98 valence electrons. The summed E-state index contributed by atoms with van der Waals surface area (Å²) in [5, 5.41) is 3.53. The van der Waals surface area contributed by atoms with Crippen molar-refractivity contribution in [1.29, 1.82) is 0 Å². The lowest BCUT2D eigenvalue weighted by molar-refractivity contribution is 0.102. The molecule has 0 aliphatic heterocycles. The number of hydrogen-bond acceptors (Lipinski definition) is 1. The number of hydrogen-bond donors (Lipinski definition) is 1. The third kappa shape index (κ3) is 3.58. The smallest absolute Gasteiger partial charge is 0.255 e. The van der Waals surface area contributed by atoms with Crippen molar-refractivity contribution in [2.24, 2.45) is 0 Å². The largest absolute Gasteiger partial charge is 0.322 e. The average molecular weight is 339 g/mol. The van der Waals surface area contributed by atoms with Gasteiger partial charge in [0.15, 0.2) is 0 Å². The highest BCUT2D eigenvalue weighted by Crippen LogP contribution is 2.28. The lowest BCUT2D eigenvalue weighted by Crippen LogP contribution is -2.13. The molecule has 0 aliphatic carbocycles. The fourth-order valence-corrected chi connectivity index (χ4v) is 2.28. The van der Waals surface area contributed by atoms with E-state index < -0.39 is 0 Å². The first-order valence-corrected chi connectivity index (χ1v) is 7.17. The topological polar surface area (TPSA) is 29.1 Å². The predicted molar refractivity (Wildman–Crippen MR) is 83.2 cm³/mol. The Morgan fingerprint density at radius 1 is 1.16 bits per heavy atom. The normalized spacial score (nSPS) is 11.9. The number of benzene rings is 2. The molecule has 0 saturated heterocycles. The van der Waals surface area contributed by atoms with Crippen molar-refractivity contribution < 1.29 is 4.79 Å². The molecular weight excluding hydrogens is 326 g/mol. The van der Waals surface area contributed by atoms with E-state index in [-0.39, 0.29) is 10.7 Å².